The Morgan fingerprint density at radius 2 is 2.20 bits per heavy atom. The second kappa shape index (κ2) is 7.49. The van der Waals surface area contributed by atoms with Crippen molar-refractivity contribution >= 4 is 0 Å². The van der Waals surface area contributed by atoms with E-state index in [1.807, 2.05) is 26.0 Å². The van der Waals surface area contributed by atoms with E-state index in [0.29, 0.717) is 0 Å². The highest BCUT2D eigenvalue weighted by Crippen LogP contribution is 2.05. The highest BCUT2D eigenvalue weighted by Gasteiger charge is 1.96. The van der Waals surface area contributed by atoms with Crippen molar-refractivity contribution in [2.24, 2.45) is 0 Å². The van der Waals surface area contributed by atoms with Crippen LogP contribution in [-0.2, 0) is 11.3 Å². The molecular formula is C12H21NO2. The SMILES string of the molecule is CCOCCCCNCc1ccc(C)o1. The Labute approximate surface area is 91.8 Å². The van der Waals surface area contributed by atoms with Gasteiger partial charge in [0.2, 0.25) is 0 Å². The van der Waals surface area contributed by atoms with E-state index >= 15 is 0 Å². The van der Waals surface area contributed by atoms with Crippen LogP contribution in [0.2, 0.25) is 0 Å². The van der Waals surface area contributed by atoms with Crippen molar-refractivity contribution in [2.45, 2.75) is 33.2 Å². The molecule has 0 amide bonds. The summed E-state index contributed by atoms with van der Waals surface area (Å²) in [5, 5.41) is 3.34. The van der Waals surface area contributed by atoms with E-state index in [1.165, 1.54) is 0 Å². The minimum absolute atomic E-state index is 0.819. The summed E-state index contributed by atoms with van der Waals surface area (Å²) >= 11 is 0. The molecule has 86 valence electrons. The number of aryl methyl sites for hydroxylation is 1. The first-order valence-corrected chi connectivity index (χ1v) is 5.66. The monoisotopic (exact) mass is 211 g/mol. The van der Waals surface area contributed by atoms with Crippen molar-refractivity contribution < 1.29 is 9.15 Å². The maximum atomic E-state index is 5.44. The van der Waals surface area contributed by atoms with Gasteiger partial charge in [-0.1, -0.05) is 0 Å². The third kappa shape index (κ3) is 5.60. The van der Waals surface area contributed by atoms with E-state index in [4.69, 9.17) is 9.15 Å². The summed E-state index contributed by atoms with van der Waals surface area (Å²) in [7, 11) is 0. The zero-order valence-corrected chi connectivity index (χ0v) is 9.71. The van der Waals surface area contributed by atoms with Crippen LogP contribution in [0.25, 0.3) is 0 Å². The number of hydrogen-bond donors (Lipinski definition) is 1. The third-order valence-electron chi connectivity index (χ3n) is 2.19. The largest absolute Gasteiger partial charge is 0.465 e. The quantitative estimate of drug-likeness (QED) is 0.671. The van der Waals surface area contributed by atoms with Crippen molar-refractivity contribution in [2.75, 3.05) is 19.8 Å². The van der Waals surface area contributed by atoms with Gasteiger partial charge in [-0.3, -0.25) is 0 Å². The van der Waals surface area contributed by atoms with Crippen LogP contribution < -0.4 is 5.32 Å². The van der Waals surface area contributed by atoms with Gasteiger partial charge < -0.3 is 14.5 Å². The van der Waals surface area contributed by atoms with Crippen LogP contribution in [0.1, 0.15) is 31.3 Å². The first-order valence-electron chi connectivity index (χ1n) is 5.66. The Kier molecular flexibility index (Phi) is 6.12. The van der Waals surface area contributed by atoms with Crippen molar-refractivity contribution in [1.82, 2.24) is 5.32 Å². The zero-order valence-electron chi connectivity index (χ0n) is 9.71. The van der Waals surface area contributed by atoms with E-state index in [0.717, 1.165) is 50.7 Å². The lowest BCUT2D eigenvalue weighted by molar-refractivity contribution is 0.143. The van der Waals surface area contributed by atoms with Crippen LogP contribution in [0.15, 0.2) is 16.5 Å². The zero-order chi connectivity index (χ0) is 10.9. The summed E-state index contributed by atoms with van der Waals surface area (Å²) in [6.45, 7) is 7.52. The standard InChI is InChI=1S/C12H21NO2/c1-3-14-9-5-4-8-13-10-12-7-6-11(2)15-12/h6-7,13H,3-5,8-10H2,1-2H3. The Hall–Kier alpha value is -0.800. The molecule has 0 saturated heterocycles. The molecule has 3 nitrogen and oxygen atoms in total. The summed E-state index contributed by atoms with van der Waals surface area (Å²) in [4.78, 5) is 0. The van der Waals surface area contributed by atoms with Crippen molar-refractivity contribution in [3.05, 3.63) is 23.7 Å². The second-order valence-corrected chi connectivity index (χ2v) is 3.59. The number of unbranched alkanes of at least 4 members (excludes halogenated alkanes) is 1. The molecular weight excluding hydrogens is 190 g/mol. The normalized spacial score (nSPS) is 10.8. The highest BCUT2D eigenvalue weighted by molar-refractivity contribution is 5.04. The molecule has 1 heterocycles. The van der Waals surface area contributed by atoms with Crippen LogP contribution in [0.4, 0.5) is 0 Å². The number of rotatable bonds is 8. The molecule has 1 rings (SSSR count). The summed E-state index contributed by atoms with van der Waals surface area (Å²) < 4.78 is 10.7. The van der Waals surface area contributed by atoms with Gasteiger partial charge in [-0.2, -0.15) is 0 Å². The van der Waals surface area contributed by atoms with Gasteiger partial charge in [-0.25, -0.2) is 0 Å². The number of ether oxygens (including phenoxy) is 1. The van der Waals surface area contributed by atoms with Crippen molar-refractivity contribution in [3.63, 3.8) is 0 Å². The lowest BCUT2D eigenvalue weighted by Crippen LogP contribution is -2.14. The molecule has 0 aromatic carbocycles. The fourth-order valence-electron chi connectivity index (χ4n) is 1.39. The summed E-state index contributed by atoms with van der Waals surface area (Å²) in [5.74, 6) is 1.99. The van der Waals surface area contributed by atoms with E-state index in [9.17, 15) is 0 Å². The van der Waals surface area contributed by atoms with Crippen LogP contribution in [-0.4, -0.2) is 19.8 Å². The van der Waals surface area contributed by atoms with E-state index < -0.39 is 0 Å². The van der Waals surface area contributed by atoms with Crippen molar-refractivity contribution in [3.8, 4) is 0 Å². The maximum Gasteiger partial charge on any atom is 0.117 e. The lowest BCUT2D eigenvalue weighted by Gasteiger charge is -2.03. The van der Waals surface area contributed by atoms with Crippen LogP contribution >= 0.6 is 0 Å². The highest BCUT2D eigenvalue weighted by atomic mass is 16.5. The van der Waals surface area contributed by atoms with Crippen LogP contribution in [0.5, 0.6) is 0 Å². The minimum Gasteiger partial charge on any atom is -0.465 e. The van der Waals surface area contributed by atoms with Crippen LogP contribution in [0, 0.1) is 6.92 Å². The molecule has 0 fully saturated rings. The predicted octanol–water partition coefficient (Wildman–Crippen LogP) is 2.49. The molecule has 1 N–H and O–H groups in total. The average molecular weight is 211 g/mol. The average Bonchev–Trinajstić information content (AvgIpc) is 2.63. The smallest absolute Gasteiger partial charge is 0.117 e. The fourth-order valence-corrected chi connectivity index (χ4v) is 1.39. The molecule has 0 aliphatic carbocycles. The summed E-state index contributed by atoms with van der Waals surface area (Å²) in [5.41, 5.74) is 0. The molecule has 0 unspecified atom stereocenters. The molecule has 3 heteroatoms. The maximum absolute atomic E-state index is 5.44. The second-order valence-electron chi connectivity index (χ2n) is 3.59. The molecule has 0 aliphatic rings. The molecule has 0 saturated carbocycles. The topological polar surface area (TPSA) is 34.4 Å². The van der Waals surface area contributed by atoms with Gasteiger partial charge in [0, 0.05) is 13.2 Å². The van der Waals surface area contributed by atoms with Gasteiger partial charge in [0.15, 0.2) is 0 Å². The van der Waals surface area contributed by atoms with Gasteiger partial charge in [0.1, 0.15) is 11.5 Å². The molecule has 1 aromatic heterocycles. The first-order chi connectivity index (χ1) is 7.33. The third-order valence-corrected chi connectivity index (χ3v) is 2.19. The van der Waals surface area contributed by atoms with Gasteiger partial charge in [-0.15, -0.1) is 0 Å². The minimum atomic E-state index is 0.819. The Morgan fingerprint density at radius 3 is 2.87 bits per heavy atom. The van der Waals surface area contributed by atoms with Crippen molar-refractivity contribution in [1.29, 1.82) is 0 Å². The lowest BCUT2D eigenvalue weighted by atomic mass is 10.3. The number of nitrogens with one attached hydrogen (secondary N) is 1. The molecule has 1 aromatic rings. The Bertz CT molecular complexity index is 258. The predicted molar refractivity (Wildman–Crippen MR) is 60.9 cm³/mol. The van der Waals surface area contributed by atoms with Gasteiger partial charge in [0.05, 0.1) is 6.54 Å². The number of furan rings is 1. The molecule has 0 bridgehead atoms. The molecule has 0 radical (unpaired) electrons. The molecule has 15 heavy (non-hydrogen) atoms. The molecule has 0 spiro atoms. The summed E-state index contributed by atoms with van der Waals surface area (Å²) in [6.07, 6.45) is 2.28. The first kappa shape index (κ1) is 12.3. The van der Waals surface area contributed by atoms with Gasteiger partial charge >= 0.3 is 0 Å². The van der Waals surface area contributed by atoms with Gasteiger partial charge in [0.25, 0.3) is 0 Å². The molecule has 0 aliphatic heterocycles. The van der Waals surface area contributed by atoms with Gasteiger partial charge in [-0.05, 0) is 45.4 Å². The molecule has 0 atom stereocenters. The van der Waals surface area contributed by atoms with E-state index in [-0.39, 0.29) is 0 Å². The summed E-state index contributed by atoms with van der Waals surface area (Å²) in [6, 6.07) is 4.01. The number of hydrogen-bond acceptors (Lipinski definition) is 3. The fraction of sp³-hybridized carbons (Fsp3) is 0.667. The van der Waals surface area contributed by atoms with E-state index in [1.54, 1.807) is 0 Å². The van der Waals surface area contributed by atoms with E-state index in [2.05, 4.69) is 5.32 Å². The van der Waals surface area contributed by atoms with Crippen LogP contribution in [0.3, 0.4) is 0 Å². The Morgan fingerprint density at radius 1 is 1.33 bits per heavy atom. The Balaban J connectivity index is 1.93.